The zero-order chi connectivity index (χ0) is 13.9. The van der Waals surface area contributed by atoms with Gasteiger partial charge in [0.25, 0.3) is 0 Å². The Labute approximate surface area is 110 Å². The van der Waals surface area contributed by atoms with Crippen LogP contribution >= 0.6 is 0 Å². The normalized spacial score (nSPS) is 13.2. The molecule has 0 aliphatic carbocycles. The average Bonchev–Trinajstić information content (AvgIpc) is 2.30. The first kappa shape index (κ1) is 14.7. The van der Waals surface area contributed by atoms with Gasteiger partial charge in [0, 0.05) is 7.05 Å². The van der Waals surface area contributed by atoms with Gasteiger partial charge in [-0.05, 0) is 36.1 Å². The summed E-state index contributed by atoms with van der Waals surface area (Å²) in [6, 6.07) is 6.06. The minimum atomic E-state index is -0.294. The van der Waals surface area contributed by atoms with E-state index in [1.54, 1.807) is 7.05 Å². The molecule has 0 spiro atoms. The van der Waals surface area contributed by atoms with E-state index in [0.717, 1.165) is 11.1 Å². The summed E-state index contributed by atoms with van der Waals surface area (Å²) in [7, 11) is 3.47. The van der Waals surface area contributed by atoms with Gasteiger partial charge >= 0.3 is 0 Å². The summed E-state index contributed by atoms with van der Waals surface area (Å²) in [5.74, 6) is -0.00772. The van der Waals surface area contributed by atoms with Crippen molar-refractivity contribution in [1.29, 1.82) is 0 Å². The summed E-state index contributed by atoms with van der Waals surface area (Å²) in [6.07, 6.45) is 0. The third-order valence-electron chi connectivity index (χ3n) is 3.25. The van der Waals surface area contributed by atoms with Crippen LogP contribution in [0.25, 0.3) is 0 Å². The molecule has 0 bridgehead atoms. The Morgan fingerprint density at radius 3 is 2.28 bits per heavy atom. The second-order valence-electron chi connectivity index (χ2n) is 5.66. The highest BCUT2D eigenvalue weighted by molar-refractivity contribution is 5.83. The van der Waals surface area contributed by atoms with Crippen molar-refractivity contribution in [3.63, 3.8) is 0 Å². The highest BCUT2D eigenvalue weighted by atomic mass is 16.2. The van der Waals surface area contributed by atoms with Crippen LogP contribution in [0.1, 0.15) is 43.5 Å². The van der Waals surface area contributed by atoms with Crippen LogP contribution in [0.15, 0.2) is 18.2 Å². The topological polar surface area (TPSA) is 41.1 Å². The second kappa shape index (κ2) is 5.53. The zero-order valence-electron chi connectivity index (χ0n) is 12.2. The molecule has 0 aromatic heterocycles. The zero-order valence-corrected chi connectivity index (χ0v) is 12.2. The predicted molar refractivity (Wildman–Crippen MR) is 75.7 cm³/mol. The maximum atomic E-state index is 11.9. The van der Waals surface area contributed by atoms with Crippen LogP contribution in [0.3, 0.4) is 0 Å². The number of hydrogen-bond acceptors (Lipinski definition) is 2. The molecule has 0 aliphatic heterocycles. The van der Waals surface area contributed by atoms with Gasteiger partial charge < -0.3 is 10.6 Å². The van der Waals surface area contributed by atoms with Crippen LogP contribution in [0.2, 0.25) is 0 Å². The van der Waals surface area contributed by atoms with E-state index in [4.69, 9.17) is 0 Å². The smallest absolute Gasteiger partial charge is 0.241 e. The summed E-state index contributed by atoms with van der Waals surface area (Å²) in [4.78, 5) is 11.9. The van der Waals surface area contributed by atoms with Gasteiger partial charge in [0.2, 0.25) is 5.91 Å². The molecule has 0 fully saturated rings. The Morgan fingerprint density at radius 1 is 1.22 bits per heavy atom. The lowest BCUT2D eigenvalue weighted by atomic mass is 9.84. The Hall–Kier alpha value is -1.35. The van der Waals surface area contributed by atoms with Crippen molar-refractivity contribution >= 4 is 5.91 Å². The number of carbonyl (C=O) groups excluding carboxylic acids is 1. The molecule has 18 heavy (non-hydrogen) atoms. The van der Waals surface area contributed by atoms with Gasteiger partial charge in [-0.3, -0.25) is 4.79 Å². The second-order valence-corrected chi connectivity index (χ2v) is 5.66. The number of benzene rings is 1. The van der Waals surface area contributed by atoms with Gasteiger partial charge in [-0.1, -0.05) is 39.0 Å². The standard InChI is InChI=1S/C15H24N2O/c1-10-7-8-11(15(2,3)4)9-12(10)13(16-5)14(18)17-6/h7-9,13,16H,1-6H3,(H,17,18). The number of carbonyl (C=O) groups is 1. The molecule has 1 atom stereocenters. The van der Waals surface area contributed by atoms with E-state index in [0.29, 0.717) is 0 Å². The number of likely N-dealkylation sites (N-methyl/N-ethyl adjacent to an activating group) is 2. The van der Waals surface area contributed by atoms with Crippen molar-refractivity contribution in [2.24, 2.45) is 0 Å². The fourth-order valence-corrected chi connectivity index (χ4v) is 1.99. The molecule has 0 radical (unpaired) electrons. The molecule has 1 amide bonds. The summed E-state index contributed by atoms with van der Waals surface area (Å²) in [5, 5.41) is 5.77. The van der Waals surface area contributed by atoms with Crippen LogP contribution in [0.4, 0.5) is 0 Å². The summed E-state index contributed by atoms with van der Waals surface area (Å²) >= 11 is 0. The molecule has 2 N–H and O–H groups in total. The molecule has 0 aliphatic rings. The third-order valence-corrected chi connectivity index (χ3v) is 3.25. The molecular formula is C15H24N2O. The highest BCUT2D eigenvalue weighted by Crippen LogP contribution is 2.27. The summed E-state index contributed by atoms with van der Waals surface area (Å²) in [5.41, 5.74) is 3.51. The molecule has 1 unspecified atom stereocenters. The first-order valence-electron chi connectivity index (χ1n) is 6.31. The average molecular weight is 248 g/mol. The van der Waals surface area contributed by atoms with E-state index < -0.39 is 0 Å². The van der Waals surface area contributed by atoms with Crippen LogP contribution in [-0.4, -0.2) is 20.0 Å². The summed E-state index contributed by atoms with van der Waals surface area (Å²) < 4.78 is 0. The lowest BCUT2D eigenvalue weighted by molar-refractivity contribution is -0.122. The fourth-order valence-electron chi connectivity index (χ4n) is 1.99. The fraction of sp³-hybridized carbons (Fsp3) is 0.533. The molecule has 1 aromatic carbocycles. The van der Waals surface area contributed by atoms with Crippen molar-refractivity contribution in [2.45, 2.75) is 39.2 Å². The van der Waals surface area contributed by atoms with Gasteiger partial charge in [-0.15, -0.1) is 0 Å². The number of hydrogen-bond donors (Lipinski definition) is 2. The molecule has 0 saturated heterocycles. The largest absolute Gasteiger partial charge is 0.358 e. The molecule has 1 rings (SSSR count). The maximum absolute atomic E-state index is 11.9. The lowest BCUT2D eigenvalue weighted by Gasteiger charge is -2.23. The molecular weight excluding hydrogens is 224 g/mol. The van der Waals surface area contributed by atoms with Crippen LogP contribution < -0.4 is 10.6 Å². The quantitative estimate of drug-likeness (QED) is 0.862. The van der Waals surface area contributed by atoms with Crippen molar-refractivity contribution in [3.05, 3.63) is 34.9 Å². The molecule has 0 saturated carbocycles. The molecule has 3 nitrogen and oxygen atoms in total. The number of aryl methyl sites for hydroxylation is 1. The van der Waals surface area contributed by atoms with Crippen molar-refractivity contribution in [2.75, 3.05) is 14.1 Å². The monoisotopic (exact) mass is 248 g/mol. The van der Waals surface area contributed by atoms with E-state index in [-0.39, 0.29) is 17.4 Å². The van der Waals surface area contributed by atoms with Crippen molar-refractivity contribution < 1.29 is 4.79 Å². The Morgan fingerprint density at radius 2 is 1.83 bits per heavy atom. The van der Waals surface area contributed by atoms with E-state index >= 15 is 0 Å². The first-order valence-corrected chi connectivity index (χ1v) is 6.31. The molecule has 3 heteroatoms. The first-order chi connectivity index (χ1) is 8.31. The minimum Gasteiger partial charge on any atom is -0.358 e. The number of nitrogens with one attached hydrogen (secondary N) is 2. The maximum Gasteiger partial charge on any atom is 0.241 e. The molecule has 1 aromatic rings. The van der Waals surface area contributed by atoms with Gasteiger partial charge in [0.1, 0.15) is 6.04 Å². The van der Waals surface area contributed by atoms with Gasteiger partial charge in [0.15, 0.2) is 0 Å². The van der Waals surface area contributed by atoms with Crippen molar-refractivity contribution in [1.82, 2.24) is 10.6 Å². The van der Waals surface area contributed by atoms with E-state index in [1.807, 2.05) is 14.0 Å². The van der Waals surface area contributed by atoms with Crippen LogP contribution in [0, 0.1) is 6.92 Å². The molecule has 0 heterocycles. The van der Waals surface area contributed by atoms with Crippen LogP contribution in [0.5, 0.6) is 0 Å². The Bertz CT molecular complexity index is 433. The SMILES string of the molecule is CNC(=O)C(NC)c1cc(C(C)(C)C)ccc1C. The highest BCUT2D eigenvalue weighted by Gasteiger charge is 2.22. The van der Waals surface area contributed by atoms with Crippen molar-refractivity contribution in [3.8, 4) is 0 Å². The van der Waals surface area contributed by atoms with Gasteiger partial charge in [0.05, 0.1) is 0 Å². The predicted octanol–water partition coefficient (Wildman–Crippen LogP) is 2.30. The minimum absolute atomic E-state index is 0.00772. The van der Waals surface area contributed by atoms with E-state index in [2.05, 4.69) is 49.6 Å². The van der Waals surface area contributed by atoms with Gasteiger partial charge in [-0.25, -0.2) is 0 Å². The summed E-state index contributed by atoms with van der Waals surface area (Å²) in [6.45, 7) is 8.57. The Kier molecular flexibility index (Phi) is 4.52. The number of rotatable bonds is 3. The van der Waals surface area contributed by atoms with Gasteiger partial charge in [-0.2, -0.15) is 0 Å². The lowest BCUT2D eigenvalue weighted by Crippen LogP contribution is -2.34. The molecule has 100 valence electrons. The van der Waals surface area contributed by atoms with E-state index in [9.17, 15) is 4.79 Å². The Balaban J connectivity index is 3.26. The van der Waals surface area contributed by atoms with Crippen LogP contribution in [-0.2, 0) is 10.2 Å². The number of amides is 1. The third kappa shape index (κ3) is 3.10. The van der Waals surface area contributed by atoms with E-state index in [1.165, 1.54) is 5.56 Å².